The van der Waals surface area contributed by atoms with Crippen LogP contribution in [0.5, 0.6) is 0 Å². The molecule has 1 aromatic rings. The van der Waals surface area contributed by atoms with Crippen molar-refractivity contribution < 1.29 is 0 Å². The van der Waals surface area contributed by atoms with Gasteiger partial charge in [0.1, 0.15) is 5.38 Å². The molecule has 0 saturated heterocycles. The fraction of sp³-hybridized carbons (Fsp3) is 0.143. The average Bonchev–Trinajstić information content (AvgIpc) is 2.03. The van der Waals surface area contributed by atoms with Gasteiger partial charge in [-0.1, -0.05) is 0 Å². The molecule has 0 amide bonds. The largest absolute Gasteiger partial charge is 0.262 e. The molecule has 0 aliphatic rings. The molecule has 1 aromatic heterocycles. The fourth-order valence-corrected chi connectivity index (χ4v) is 2.61. The molecular formula is C7H3Br2ClN2. The first-order chi connectivity index (χ1) is 5.66. The lowest BCUT2D eigenvalue weighted by Crippen LogP contribution is -1.91. The van der Waals surface area contributed by atoms with Crippen molar-refractivity contribution in [1.29, 1.82) is 5.26 Å². The van der Waals surface area contributed by atoms with Crippen LogP contribution in [0.25, 0.3) is 0 Å². The molecular weight excluding hydrogens is 307 g/mol. The lowest BCUT2D eigenvalue weighted by atomic mass is 10.2. The Labute approximate surface area is 91.8 Å². The van der Waals surface area contributed by atoms with E-state index in [0.717, 1.165) is 8.95 Å². The van der Waals surface area contributed by atoms with Crippen LogP contribution in [-0.2, 0) is 0 Å². The monoisotopic (exact) mass is 308 g/mol. The molecule has 0 radical (unpaired) electrons. The van der Waals surface area contributed by atoms with E-state index >= 15 is 0 Å². The van der Waals surface area contributed by atoms with Crippen LogP contribution >= 0.6 is 43.5 Å². The number of hydrogen-bond donors (Lipinski definition) is 0. The number of halogens is 3. The second kappa shape index (κ2) is 4.22. The van der Waals surface area contributed by atoms with Gasteiger partial charge in [0.2, 0.25) is 0 Å². The van der Waals surface area contributed by atoms with Gasteiger partial charge in [-0.3, -0.25) is 4.98 Å². The number of pyridine rings is 1. The molecule has 2 nitrogen and oxygen atoms in total. The van der Waals surface area contributed by atoms with Crippen molar-refractivity contribution in [3.63, 3.8) is 0 Å². The minimum atomic E-state index is -0.656. The van der Waals surface area contributed by atoms with E-state index in [4.69, 9.17) is 16.9 Å². The van der Waals surface area contributed by atoms with E-state index in [1.54, 1.807) is 12.4 Å². The number of nitrogens with zero attached hydrogens (tertiary/aromatic N) is 2. The molecule has 0 aromatic carbocycles. The summed E-state index contributed by atoms with van der Waals surface area (Å²) in [5.74, 6) is 0. The summed E-state index contributed by atoms with van der Waals surface area (Å²) in [5, 5.41) is 7.94. The fourth-order valence-electron chi connectivity index (χ4n) is 0.728. The van der Waals surface area contributed by atoms with Gasteiger partial charge >= 0.3 is 0 Å². The molecule has 1 atom stereocenters. The normalized spacial score (nSPS) is 12.2. The minimum Gasteiger partial charge on any atom is -0.262 e. The summed E-state index contributed by atoms with van der Waals surface area (Å²) in [6, 6.07) is 1.94. The highest BCUT2D eigenvalue weighted by atomic mass is 79.9. The van der Waals surface area contributed by atoms with E-state index < -0.39 is 5.38 Å². The Morgan fingerprint density at radius 1 is 1.42 bits per heavy atom. The summed E-state index contributed by atoms with van der Waals surface area (Å²) in [6.45, 7) is 0. The zero-order chi connectivity index (χ0) is 9.14. The molecule has 1 heterocycles. The topological polar surface area (TPSA) is 36.7 Å². The molecule has 0 aliphatic carbocycles. The molecule has 0 saturated carbocycles. The third-order valence-electron chi connectivity index (χ3n) is 1.26. The number of nitriles is 1. The molecule has 0 aliphatic heterocycles. The zero-order valence-corrected chi connectivity index (χ0v) is 9.69. The Morgan fingerprint density at radius 3 is 2.33 bits per heavy atom. The van der Waals surface area contributed by atoms with Gasteiger partial charge < -0.3 is 0 Å². The standard InChI is InChI=1S/C7H3Br2ClN2/c8-4-2-12-3-5(9)7(4)6(10)1-11/h2-3,6H. The summed E-state index contributed by atoms with van der Waals surface area (Å²) < 4.78 is 1.47. The van der Waals surface area contributed by atoms with Crippen LogP contribution in [0.3, 0.4) is 0 Å². The maximum Gasteiger partial charge on any atom is 0.147 e. The Kier molecular flexibility index (Phi) is 3.51. The molecule has 0 fully saturated rings. The maximum atomic E-state index is 8.59. The minimum absolute atomic E-state index is 0.656. The lowest BCUT2D eigenvalue weighted by Gasteiger charge is -2.05. The van der Waals surface area contributed by atoms with Crippen LogP contribution in [0, 0.1) is 11.3 Å². The van der Waals surface area contributed by atoms with Crippen molar-refractivity contribution in [3.8, 4) is 6.07 Å². The van der Waals surface area contributed by atoms with E-state index in [-0.39, 0.29) is 0 Å². The van der Waals surface area contributed by atoms with Gasteiger partial charge in [0, 0.05) is 26.9 Å². The highest BCUT2D eigenvalue weighted by molar-refractivity contribution is 9.11. The van der Waals surface area contributed by atoms with Gasteiger partial charge in [0.25, 0.3) is 0 Å². The van der Waals surface area contributed by atoms with Crippen molar-refractivity contribution in [2.45, 2.75) is 5.38 Å². The predicted molar refractivity (Wildman–Crippen MR) is 53.8 cm³/mol. The summed E-state index contributed by atoms with van der Waals surface area (Å²) >= 11 is 12.3. The van der Waals surface area contributed by atoms with Gasteiger partial charge in [-0.15, -0.1) is 11.6 Å². The molecule has 0 N–H and O–H groups in total. The summed E-state index contributed by atoms with van der Waals surface area (Å²) in [7, 11) is 0. The summed E-state index contributed by atoms with van der Waals surface area (Å²) in [4.78, 5) is 3.90. The van der Waals surface area contributed by atoms with Crippen LogP contribution in [0.1, 0.15) is 10.9 Å². The van der Waals surface area contributed by atoms with Crippen molar-refractivity contribution in [2.24, 2.45) is 0 Å². The number of hydrogen-bond acceptors (Lipinski definition) is 2. The highest BCUT2D eigenvalue weighted by Gasteiger charge is 2.13. The van der Waals surface area contributed by atoms with Crippen molar-refractivity contribution in [2.75, 3.05) is 0 Å². The van der Waals surface area contributed by atoms with Gasteiger partial charge in [-0.25, -0.2) is 0 Å². The van der Waals surface area contributed by atoms with Gasteiger partial charge in [-0.05, 0) is 31.9 Å². The maximum absolute atomic E-state index is 8.59. The molecule has 0 bridgehead atoms. The second-order valence-electron chi connectivity index (χ2n) is 2.01. The predicted octanol–water partition coefficient (Wildman–Crippen LogP) is 3.41. The van der Waals surface area contributed by atoms with Crippen molar-refractivity contribution in [1.82, 2.24) is 4.98 Å². The van der Waals surface area contributed by atoms with Crippen LogP contribution in [0.15, 0.2) is 21.3 Å². The number of alkyl halides is 1. The first kappa shape index (κ1) is 9.97. The lowest BCUT2D eigenvalue weighted by molar-refractivity contribution is 1.14. The molecule has 1 rings (SSSR count). The molecule has 1 unspecified atom stereocenters. The van der Waals surface area contributed by atoms with Crippen LogP contribution in [0.4, 0.5) is 0 Å². The third kappa shape index (κ3) is 1.98. The van der Waals surface area contributed by atoms with E-state index in [1.807, 2.05) is 6.07 Å². The number of rotatable bonds is 1. The summed E-state index contributed by atoms with van der Waals surface area (Å²) in [6.07, 6.45) is 3.21. The molecule has 0 spiro atoms. The van der Waals surface area contributed by atoms with Crippen LogP contribution in [-0.4, -0.2) is 4.98 Å². The Balaban J connectivity index is 3.23. The van der Waals surface area contributed by atoms with Crippen LogP contribution < -0.4 is 0 Å². The van der Waals surface area contributed by atoms with Crippen molar-refractivity contribution >= 4 is 43.5 Å². The first-order valence-corrected chi connectivity index (χ1v) is 5.01. The van der Waals surface area contributed by atoms with E-state index in [0.29, 0.717) is 5.56 Å². The Hall–Kier alpha value is -0.110. The van der Waals surface area contributed by atoms with Gasteiger partial charge in [0.15, 0.2) is 0 Å². The van der Waals surface area contributed by atoms with Crippen molar-refractivity contribution in [3.05, 3.63) is 26.9 Å². The Morgan fingerprint density at radius 2 is 1.92 bits per heavy atom. The summed E-state index contributed by atoms with van der Waals surface area (Å²) in [5.41, 5.74) is 0.717. The highest BCUT2D eigenvalue weighted by Crippen LogP contribution is 2.32. The Bertz CT molecular complexity index is 314. The van der Waals surface area contributed by atoms with Gasteiger partial charge in [0.05, 0.1) is 6.07 Å². The zero-order valence-electron chi connectivity index (χ0n) is 5.76. The third-order valence-corrected chi connectivity index (χ3v) is 2.84. The first-order valence-electron chi connectivity index (χ1n) is 2.99. The smallest absolute Gasteiger partial charge is 0.147 e. The molecule has 62 valence electrons. The quantitative estimate of drug-likeness (QED) is 0.745. The number of aromatic nitrogens is 1. The van der Waals surface area contributed by atoms with E-state index in [9.17, 15) is 0 Å². The van der Waals surface area contributed by atoms with Crippen LogP contribution in [0.2, 0.25) is 0 Å². The van der Waals surface area contributed by atoms with Gasteiger partial charge in [-0.2, -0.15) is 5.26 Å². The average molecular weight is 310 g/mol. The van der Waals surface area contributed by atoms with E-state index in [2.05, 4.69) is 36.8 Å². The molecule has 5 heteroatoms. The molecule has 12 heavy (non-hydrogen) atoms. The van der Waals surface area contributed by atoms with E-state index in [1.165, 1.54) is 0 Å². The SMILES string of the molecule is N#CC(Cl)c1c(Br)cncc1Br. The second-order valence-corrected chi connectivity index (χ2v) is 4.15.